The van der Waals surface area contributed by atoms with E-state index in [1.165, 1.54) is 18.2 Å². The molecule has 25 heavy (non-hydrogen) atoms. The summed E-state index contributed by atoms with van der Waals surface area (Å²) in [7, 11) is 0. The first-order valence-electron chi connectivity index (χ1n) is 8.55. The summed E-state index contributed by atoms with van der Waals surface area (Å²) < 4.78 is 0.954. The van der Waals surface area contributed by atoms with Gasteiger partial charge in [0, 0.05) is 16.1 Å². The minimum absolute atomic E-state index is 0.0225. The second-order valence-corrected chi connectivity index (χ2v) is 8.33. The van der Waals surface area contributed by atoms with E-state index in [-0.39, 0.29) is 11.9 Å². The lowest BCUT2D eigenvalue weighted by atomic mass is 10.0. The van der Waals surface area contributed by atoms with Crippen LogP contribution in [0.15, 0.2) is 33.9 Å². The van der Waals surface area contributed by atoms with Crippen LogP contribution in [0.25, 0.3) is 11.4 Å². The Morgan fingerprint density at radius 3 is 2.76 bits per heavy atom. The second kappa shape index (κ2) is 9.97. The largest absolute Gasteiger partial charge is 0.353 e. The molecule has 0 bridgehead atoms. The van der Waals surface area contributed by atoms with Gasteiger partial charge in [0.1, 0.15) is 0 Å². The number of benzene rings is 1. The molecule has 1 aromatic carbocycles. The number of aromatic amines is 1. The molecule has 136 valence electrons. The second-order valence-electron chi connectivity index (χ2n) is 6.53. The maximum Gasteiger partial charge on any atom is 0.230 e. The quantitative estimate of drug-likeness (QED) is 0.574. The molecule has 1 heterocycles. The van der Waals surface area contributed by atoms with Gasteiger partial charge in [-0.15, -0.1) is 5.10 Å². The third-order valence-corrected chi connectivity index (χ3v) is 5.29. The average molecular weight is 425 g/mol. The molecule has 1 aromatic heterocycles. The SMILES string of the molecule is CC(C)CCC[C@H](C)NC(=O)CSc1n[nH]c(-c2ccccc2Br)n1. The molecule has 0 radical (unpaired) electrons. The molecule has 7 heteroatoms. The van der Waals surface area contributed by atoms with Gasteiger partial charge < -0.3 is 5.32 Å². The first kappa shape index (κ1) is 20.0. The number of rotatable bonds is 9. The monoisotopic (exact) mass is 424 g/mol. The minimum atomic E-state index is 0.0225. The molecule has 0 fully saturated rings. The normalized spacial score (nSPS) is 12.4. The van der Waals surface area contributed by atoms with Crippen LogP contribution >= 0.6 is 27.7 Å². The van der Waals surface area contributed by atoms with Gasteiger partial charge in [0.2, 0.25) is 11.1 Å². The zero-order valence-corrected chi connectivity index (χ0v) is 17.3. The van der Waals surface area contributed by atoms with Gasteiger partial charge in [-0.2, -0.15) is 0 Å². The molecule has 0 unspecified atom stereocenters. The van der Waals surface area contributed by atoms with E-state index in [9.17, 15) is 4.79 Å². The van der Waals surface area contributed by atoms with Crippen molar-refractivity contribution >= 4 is 33.6 Å². The molecule has 2 N–H and O–H groups in total. The number of thioether (sulfide) groups is 1. The van der Waals surface area contributed by atoms with Crippen molar-refractivity contribution in [3.8, 4) is 11.4 Å². The number of carbonyl (C=O) groups excluding carboxylic acids is 1. The lowest BCUT2D eigenvalue weighted by Crippen LogP contribution is -2.33. The van der Waals surface area contributed by atoms with E-state index < -0.39 is 0 Å². The van der Waals surface area contributed by atoms with Crippen molar-refractivity contribution in [1.82, 2.24) is 20.5 Å². The average Bonchev–Trinajstić information content (AvgIpc) is 3.01. The molecular weight excluding hydrogens is 400 g/mol. The zero-order valence-electron chi connectivity index (χ0n) is 14.9. The highest BCUT2D eigenvalue weighted by molar-refractivity contribution is 9.10. The number of aromatic nitrogens is 3. The molecule has 2 aromatic rings. The Hall–Kier alpha value is -1.34. The predicted octanol–water partition coefficient (Wildman–Crippen LogP) is 4.66. The van der Waals surface area contributed by atoms with Gasteiger partial charge in [-0.25, -0.2) is 4.98 Å². The first-order valence-corrected chi connectivity index (χ1v) is 10.3. The minimum Gasteiger partial charge on any atom is -0.353 e. The zero-order chi connectivity index (χ0) is 18.2. The molecule has 5 nitrogen and oxygen atoms in total. The van der Waals surface area contributed by atoms with Gasteiger partial charge in [-0.1, -0.05) is 72.6 Å². The van der Waals surface area contributed by atoms with E-state index in [4.69, 9.17) is 0 Å². The van der Waals surface area contributed by atoms with E-state index in [1.807, 2.05) is 24.3 Å². The van der Waals surface area contributed by atoms with Crippen molar-refractivity contribution in [1.29, 1.82) is 0 Å². The molecule has 0 aliphatic heterocycles. The number of carbonyl (C=O) groups is 1. The number of halogens is 1. The summed E-state index contributed by atoms with van der Waals surface area (Å²) in [6.07, 6.45) is 3.36. The van der Waals surface area contributed by atoms with E-state index in [0.717, 1.165) is 22.9 Å². The first-order chi connectivity index (χ1) is 12.0. The van der Waals surface area contributed by atoms with Crippen LogP contribution in [-0.2, 0) is 4.79 Å². The van der Waals surface area contributed by atoms with E-state index in [1.54, 1.807) is 0 Å². The third-order valence-electron chi connectivity index (χ3n) is 3.75. The number of nitrogens with one attached hydrogen (secondary N) is 2. The highest BCUT2D eigenvalue weighted by Gasteiger charge is 2.12. The highest BCUT2D eigenvalue weighted by atomic mass is 79.9. The summed E-state index contributed by atoms with van der Waals surface area (Å²) in [4.78, 5) is 16.5. The van der Waals surface area contributed by atoms with Gasteiger partial charge in [0.15, 0.2) is 5.82 Å². The Kier molecular flexibility index (Phi) is 7.96. The summed E-state index contributed by atoms with van der Waals surface area (Å²) in [5.74, 6) is 1.75. The van der Waals surface area contributed by atoms with Gasteiger partial charge >= 0.3 is 0 Å². The van der Waals surface area contributed by atoms with Crippen LogP contribution in [0.5, 0.6) is 0 Å². The van der Waals surface area contributed by atoms with Crippen molar-refractivity contribution in [2.45, 2.75) is 51.2 Å². The molecule has 0 aliphatic carbocycles. The number of nitrogens with zero attached hydrogens (tertiary/aromatic N) is 2. The predicted molar refractivity (Wildman–Crippen MR) is 107 cm³/mol. The summed E-state index contributed by atoms with van der Waals surface area (Å²) in [5, 5.41) is 10.7. The summed E-state index contributed by atoms with van der Waals surface area (Å²) in [5.41, 5.74) is 0.949. The Morgan fingerprint density at radius 1 is 1.28 bits per heavy atom. The molecule has 1 atom stereocenters. The lowest BCUT2D eigenvalue weighted by Gasteiger charge is -2.14. The number of hydrogen-bond donors (Lipinski definition) is 2. The molecule has 0 spiro atoms. The molecule has 0 aliphatic rings. The summed E-state index contributed by atoms with van der Waals surface area (Å²) in [6.45, 7) is 6.50. The van der Waals surface area contributed by atoms with E-state index in [2.05, 4.69) is 57.2 Å². The summed E-state index contributed by atoms with van der Waals surface area (Å²) in [6, 6.07) is 8.02. The van der Waals surface area contributed by atoms with Crippen LogP contribution in [0.1, 0.15) is 40.0 Å². The molecule has 1 amide bonds. The van der Waals surface area contributed by atoms with Crippen molar-refractivity contribution < 1.29 is 4.79 Å². The Balaban J connectivity index is 1.78. The van der Waals surface area contributed by atoms with E-state index in [0.29, 0.717) is 22.7 Å². The topological polar surface area (TPSA) is 70.7 Å². The van der Waals surface area contributed by atoms with Crippen LogP contribution in [-0.4, -0.2) is 32.9 Å². The van der Waals surface area contributed by atoms with Gasteiger partial charge in [0.25, 0.3) is 0 Å². The maximum atomic E-state index is 12.0. The highest BCUT2D eigenvalue weighted by Crippen LogP contribution is 2.26. The Bertz CT molecular complexity index is 689. The number of amides is 1. The van der Waals surface area contributed by atoms with E-state index >= 15 is 0 Å². The fourth-order valence-corrected chi connectivity index (χ4v) is 3.52. The van der Waals surface area contributed by atoms with Crippen molar-refractivity contribution in [2.24, 2.45) is 5.92 Å². The fraction of sp³-hybridized carbons (Fsp3) is 0.500. The van der Waals surface area contributed by atoms with Gasteiger partial charge in [-0.05, 0) is 25.3 Å². The van der Waals surface area contributed by atoms with Crippen molar-refractivity contribution in [3.05, 3.63) is 28.7 Å². The van der Waals surface area contributed by atoms with Crippen LogP contribution in [0.2, 0.25) is 0 Å². The fourth-order valence-electron chi connectivity index (χ4n) is 2.44. The third kappa shape index (κ3) is 6.82. The van der Waals surface area contributed by atoms with Crippen molar-refractivity contribution in [3.63, 3.8) is 0 Å². The van der Waals surface area contributed by atoms with Crippen molar-refractivity contribution in [2.75, 3.05) is 5.75 Å². The number of hydrogen-bond acceptors (Lipinski definition) is 4. The van der Waals surface area contributed by atoms with Crippen LogP contribution < -0.4 is 5.32 Å². The van der Waals surface area contributed by atoms with Crippen LogP contribution in [0.4, 0.5) is 0 Å². The van der Waals surface area contributed by atoms with Gasteiger partial charge in [-0.3, -0.25) is 9.89 Å². The standard InChI is InChI=1S/C18H25BrN4OS/c1-12(2)7-6-8-13(3)20-16(24)11-25-18-21-17(22-23-18)14-9-4-5-10-15(14)19/h4-5,9-10,12-13H,6-8,11H2,1-3H3,(H,20,24)(H,21,22,23)/t13-/m0/s1. The van der Waals surface area contributed by atoms with Crippen LogP contribution in [0, 0.1) is 5.92 Å². The van der Waals surface area contributed by atoms with Crippen LogP contribution in [0.3, 0.4) is 0 Å². The smallest absolute Gasteiger partial charge is 0.230 e. The lowest BCUT2D eigenvalue weighted by molar-refractivity contribution is -0.119. The molecule has 2 rings (SSSR count). The molecule has 0 saturated heterocycles. The molecular formula is C18H25BrN4OS. The maximum absolute atomic E-state index is 12.0. The Labute approximate surface area is 161 Å². The molecule has 0 saturated carbocycles. The Morgan fingerprint density at radius 2 is 2.04 bits per heavy atom. The summed E-state index contributed by atoms with van der Waals surface area (Å²) >= 11 is 4.84. The number of H-pyrrole nitrogens is 1. The van der Waals surface area contributed by atoms with Gasteiger partial charge in [0.05, 0.1) is 5.75 Å².